The highest BCUT2D eigenvalue weighted by Gasteiger charge is 2.02. The van der Waals surface area contributed by atoms with Crippen molar-refractivity contribution < 1.29 is 4.79 Å². The number of anilines is 1. The Morgan fingerprint density at radius 2 is 2.33 bits per heavy atom. The van der Waals surface area contributed by atoms with Crippen LogP contribution in [0.4, 0.5) is 5.69 Å². The van der Waals surface area contributed by atoms with E-state index in [9.17, 15) is 4.79 Å². The second-order valence-corrected chi connectivity index (χ2v) is 3.65. The standard InChI is InChI=1S/C11H9BrN2O/c1-2-3-11(15)14-9-5-4-8(7-13)10(12)6-9/h2-6H,1H3,(H,14,15)/b3-2+. The number of allylic oxidation sites excluding steroid dienone is 1. The molecule has 1 rings (SSSR count). The van der Waals surface area contributed by atoms with Gasteiger partial charge in [-0.15, -0.1) is 0 Å². The number of hydrogen-bond acceptors (Lipinski definition) is 2. The Bertz CT molecular complexity index is 446. The molecule has 1 aromatic carbocycles. The fourth-order valence-electron chi connectivity index (χ4n) is 1.02. The summed E-state index contributed by atoms with van der Waals surface area (Å²) in [6.45, 7) is 1.77. The molecule has 4 heteroatoms. The number of hydrogen-bond donors (Lipinski definition) is 1. The van der Waals surface area contributed by atoms with E-state index >= 15 is 0 Å². The average Bonchev–Trinajstić information content (AvgIpc) is 2.18. The molecule has 15 heavy (non-hydrogen) atoms. The molecule has 76 valence electrons. The Morgan fingerprint density at radius 1 is 1.60 bits per heavy atom. The summed E-state index contributed by atoms with van der Waals surface area (Å²) in [5.74, 6) is -0.186. The molecule has 1 N–H and O–H groups in total. The zero-order valence-electron chi connectivity index (χ0n) is 8.12. The van der Waals surface area contributed by atoms with Crippen molar-refractivity contribution in [1.82, 2.24) is 0 Å². The van der Waals surface area contributed by atoms with Gasteiger partial charge in [0.1, 0.15) is 6.07 Å². The van der Waals surface area contributed by atoms with E-state index in [2.05, 4.69) is 21.2 Å². The van der Waals surface area contributed by atoms with Crippen LogP contribution in [0.3, 0.4) is 0 Å². The summed E-state index contributed by atoms with van der Waals surface area (Å²) in [7, 11) is 0. The second kappa shape index (κ2) is 5.32. The molecule has 0 spiro atoms. The molecule has 0 fully saturated rings. The predicted molar refractivity (Wildman–Crippen MR) is 62.3 cm³/mol. The maximum Gasteiger partial charge on any atom is 0.248 e. The lowest BCUT2D eigenvalue weighted by atomic mass is 10.2. The molecular weight excluding hydrogens is 256 g/mol. The van der Waals surface area contributed by atoms with Gasteiger partial charge < -0.3 is 5.32 Å². The van der Waals surface area contributed by atoms with E-state index in [0.29, 0.717) is 15.7 Å². The van der Waals surface area contributed by atoms with Crippen molar-refractivity contribution in [3.63, 3.8) is 0 Å². The van der Waals surface area contributed by atoms with Gasteiger partial charge in [-0.3, -0.25) is 4.79 Å². The number of nitrogens with zero attached hydrogens (tertiary/aromatic N) is 1. The quantitative estimate of drug-likeness (QED) is 0.836. The molecule has 0 atom stereocenters. The predicted octanol–water partition coefficient (Wildman–Crippen LogP) is 2.84. The number of rotatable bonds is 2. The highest BCUT2D eigenvalue weighted by molar-refractivity contribution is 9.10. The van der Waals surface area contributed by atoms with Gasteiger partial charge in [-0.2, -0.15) is 5.26 Å². The summed E-state index contributed by atoms with van der Waals surface area (Å²) in [5.41, 5.74) is 1.20. The van der Waals surface area contributed by atoms with Crippen molar-refractivity contribution in [3.8, 4) is 6.07 Å². The number of carbonyl (C=O) groups is 1. The summed E-state index contributed by atoms with van der Waals surface area (Å²) in [6.07, 6.45) is 3.10. The SMILES string of the molecule is C/C=C/C(=O)Nc1ccc(C#N)c(Br)c1. The number of nitriles is 1. The normalized spacial score (nSPS) is 9.93. The van der Waals surface area contributed by atoms with E-state index in [1.165, 1.54) is 6.08 Å². The van der Waals surface area contributed by atoms with E-state index in [4.69, 9.17) is 5.26 Å². The van der Waals surface area contributed by atoms with E-state index < -0.39 is 0 Å². The monoisotopic (exact) mass is 264 g/mol. The first kappa shape index (κ1) is 11.5. The summed E-state index contributed by atoms with van der Waals surface area (Å²) in [4.78, 5) is 11.2. The van der Waals surface area contributed by atoms with Gasteiger partial charge in [-0.05, 0) is 47.1 Å². The van der Waals surface area contributed by atoms with Crippen molar-refractivity contribution >= 4 is 27.5 Å². The number of amides is 1. The summed E-state index contributed by atoms with van der Waals surface area (Å²) < 4.78 is 0.670. The van der Waals surface area contributed by atoms with Crippen molar-refractivity contribution in [2.75, 3.05) is 5.32 Å². The lowest BCUT2D eigenvalue weighted by Gasteiger charge is -2.03. The number of carbonyl (C=O) groups excluding carboxylic acids is 1. The van der Waals surface area contributed by atoms with E-state index in [1.807, 2.05) is 6.07 Å². The van der Waals surface area contributed by atoms with Crippen LogP contribution in [0.5, 0.6) is 0 Å². The molecule has 0 bridgehead atoms. The van der Waals surface area contributed by atoms with E-state index in [-0.39, 0.29) is 5.91 Å². The maximum atomic E-state index is 11.2. The third-order valence-corrected chi connectivity index (χ3v) is 2.33. The van der Waals surface area contributed by atoms with Gasteiger partial charge in [-0.1, -0.05) is 6.08 Å². The first-order valence-corrected chi connectivity index (χ1v) is 5.10. The van der Waals surface area contributed by atoms with Crippen LogP contribution < -0.4 is 5.32 Å². The van der Waals surface area contributed by atoms with Gasteiger partial charge in [0.15, 0.2) is 0 Å². The van der Waals surface area contributed by atoms with Crippen LogP contribution in [-0.2, 0) is 4.79 Å². The molecule has 0 aliphatic carbocycles. The molecule has 0 aliphatic rings. The third kappa shape index (κ3) is 3.22. The lowest BCUT2D eigenvalue weighted by Crippen LogP contribution is -2.07. The molecule has 0 heterocycles. The number of nitrogens with one attached hydrogen (secondary N) is 1. The van der Waals surface area contributed by atoms with Crippen molar-refractivity contribution in [3.05, 3.63) is 40.4 Å². The average molecular weight is 265 g/mol. The van der Waals surface area contributed by atoms with Crippen LogP contribution in [0, 0.1) is 11.3 Å². The van der Waals surface area contributed by atoms with Crippen molar-refractivity contribution in [1.29, 1.82) is 5.26 Å². The molecule has 3 nitrogen and oxygen atoms in total. The third-order valence-electron chi connectivity index (χ3n) is 1.68. The lowest BCUT2D eigenvalue weighted by molar-refractivity contribution is -0.111. The minimum atomic E-state index is -0.186. The fourth-order valence-corrected chi connectivity index (χ4v) is 1.49. The first-order chi connectivity index (χ1) is 7.17. The van der Waals surface area contributed by atoms with Gasteiger partial charge in [0.25, 0.3) is 0 Å². The molecule has 0 radical (unpaired) electrons. The Hall–Kier alpha value is -1.60. The zero-order chi connectivity index (χ0) is 11.3. The summed E-state index contributed by atoms with van der Waals surface area (Å²) in [5, 5.41) is 11.4. The fraction of sp³-hybridized carbons (Fsp3) is 0.0909. The maximum absolute atomic E-state index is 11.2. The largest absolute Gasteiger partial charge is 0.322 e. The van der Waals surface area contributed by atoms with Crippen LogP contribution in [-0.4, -0.2) is 5.91 Å². The van der Waals surface area contributed by atoms with E-state index in [0.717, 1.165) is 0 Å². The minimum absolute atomic E-state index is 0.186. The molecule has 1 amide bonds. The van der Waals surface area contributed by atoms with Crippen molar-refractivity contribution in [2.24, 2.45) is 0 Å². The first-order valence-electron chi connectivity index (χ1n) is 4.30. The minimum Gasteiger partial charge on any atom is -0.322 e. The molecular formula is C11H9BrN2O. The van der Waals surface area contributed by atoms with Gasteiger partial charge in [0.2, 0.25) is 5.91 Å². The van der Waals surface area contributed by atoms with Gasteiger partial charge in [0, 0.05) is 10.2 Å². The van der Waals surface area contributed by atoms with Gasteiger partial charge in [-0.25, -0.2) is 0 Å². The Balaban J connectivity index is 2.85. The molecule has 0 saturated carbocycles. The molecule has 1 aromatic rings. The van der Waals surface area contributed by atoms with E-state index in [1.54, 1.807) is 31.2 Å². The molecule has 0 saturated heterocycles. The topological polar surface area (TPSA) is 52.9 Å². The molecule has 0 unspecified atom stereocenters. The van der Waals surface area contributed by atoms with Crippen LogP contribution in [0.2, 0.25) is 0 Å². The molecule has 0 aliphatic heterocycles. The van der Waals surface area contributed by atoms with Crippen LogP contribution in [0.15, 0.2) is 34.8 Å². The summed E-state index contributed by atoms with van der Waals surface area (Å²) >= 11 is 3.24. The Labute approximate surface area is 96.5 Å². The van der Waals surface area contributed by atoms with Crippen LogP contribution in [0.25, 0.3) is 0 Å². The Kier molecular flexibility index (Phi) is 4.07. The van der Waals surface area contributed by atoms with Gasteiger partial charge >= 0.3 is 0 Å². The highest BCUT2D eigenvalue weighted by atomic mass is 79.9. The number of halogens is 1. The highest BCUT2D eigenvalue weighted by Crippen LogP contribution is 2.20. The van der Waals surface area contributed by atoms with Crippen LogP contribution in [0.1, 0.15) is 12.5 Å². The number of benzene rings is 1. The second-order valence-electron chi connectivity index (χ2n) is 2.80. The zero-order valence-corrected chi connectivity index (χ0v) is 9.71. The van der Waals surface area contributed by atoms with Crippen LogP contribution >= 0.6 is 15.9 Å². The van der Waals surface area contributed by atoms with Crippen molar-refractivity contribution in [2.45, 2.75) is 6.92 Å². The summed E-state index contributed by atoms with van der Waals surface area (Å²) in [6, 6.07) is 7.06. The van der Waals surface area contributed by atoms with Gasteiger partial charge in [0.05, 0.1) is 5.56 Å². The molecule has 0 aromatic heterocycles. The smallest absolute Gasteiger partial charge is 0.248 e. The Morgan fingerprint density at radius 3 is 2.87 bits per heavy atom.